The third-order valence-corrected chi connectivity index (χ3v) is 2.80. The molecular formula is C9H16N2O2. The van der Waals surface area contributed by atoms with Crippen LogP contribution >= 0.6 is 0 Å². The van der Waals surface area contributed by atoms with Gasteiger partial charge in [0.05, 0.1) is 6.61 Å². The van der Waals surface area contributed by atoms with E-state index < -0.39 is 0 Å². The van der Waals surface area contributed by atoms with Gasteiger partial charge in [0.1, 0.15) is 6.04 Å². The van der Waals surface area contributed by atoms with E-state index in [-0.39, 0.29) is 18.1 Å². The van der Waals surface area contributed by atoms with E-state index in [0.717, 1.165) is 13.0 Å². The van der Waals surface area contributed by atoms with Crippen molar-refractivity contribution in [3.63, 3.8) is 0 Å². The summed E-state index contributed by atoms with van der Waals surface area (Å²) in [7, 11) is 0. The molecule has 4 nitrogen and oxygen atoms in total. The van der Waals surface area contributed by atoms with E-state index in [4.69, 9.17) is 4.74 Å². The molecule has 2 fully saturated rings. The van der Waals surface area contributed by atoms with E-state index in [1.54, 1.807) is 0 Å². The molecule has 0 aliphatic carbocycles. The predicted octanol–water partition coefficient (Wildman–Crippen LogP) is -0.358. The smallest absolute Gasteiger partial charge is 0.324 e. The van der Waals surface area contributed by atoms with Crippen LogP contribution in [0.4, 0.5) is 0 Å². The number of esters is 1. The van der Waals surface area contributed by atoms with Crippen LogP contribution in [-0.4, -0.2) is 37.2 Å². The summed E-state index contributed by atoms with van der Waals surface area (Å²) < 4.78 is 4.99. The van der Waals surface area contributed by atoms with Crippen molar-refractivity contribution in [2.75, 3.05) is 13.2 Å². The summed E-state index contributed by atoms with van der Waals surface area (Å²) in [6, 6.07) is 0.729. The molecular weight excluding hydrogens is 168 g/mol. The fourth-order valence-electron chi connectivity index (χ4n) is 2.17. The van der Waals surface area contributed by atoms with Crippen LogP contribution in [0.1, 0.15) is 19.8 Å². The Morgan fingerprint density at radius 2 is 2.38 bits per heavy atom. The second-order valence-electron chi connectivity index (χ2n) is 3.69. The molecule has 4 heteroatoms. The number of hydrogen-bond donors (Lipinski definition) is 2. The van der Waals surface area contributed by atoms with Gasteiger partial charge in [0, 0.05) is 18.6 Å². The summed E-state index contributed by atoms with van der Waals surface area (Å²) in [5, 5.41) is 6.65. The van der Waals surface area contributed by atoms with Crippen molar-refractivity contribution in [1.29, 1.82) is 0 Å². The van der Waals surface area contributed by atoms with Crippen LogP contribution in [0.2, 0.25) is 0 Å². The quantitative estimate of drug-likeness (QED) is 0.576. The molecule has 0 amide bonds. The lowest BCUT2D eigenvalue weighted by atomic mass is 10.1. The number of nitrogens with one attached hydrogen (secondary N) is 2. The fraction of sp³-hybridized carbons (Fsp3) is 0.889. The van der Waals surface area contributed by atoms with Gasteiger partial charge < -0.3 is 15.4 Å². The van der Waals surface area contributed by atoms with Gasteiger partial charge in [-0.2, -0.15) is 0 Å². The highest BCUT2D eigenvalue weighted by molar-refractivity contribution is 5.77. The predicted molar refractivity (Wildman–Crippen MR) is 48.4 cm³/mol. The number of piperazine rings is 1. The standard InChI is InChI=1S/C9H16N2O2/c1-2-13-9(12)8-7-4-3-6(11-7)5-10-8/h6-8,10-11H,2-5H2,1H3/t6-,7+,8-/m1/s1. The molecule has 74 valence electrons. The highest BCUT2D eigenvalue weighted by Gasteiger charge is 2.39. The molecule has 2 aliphatic heterocycles. The second-order valence-corrected chi connectivity index (χ2v) is 3.69. The van der Waals surface area contributed by atoms with Crippen LogP contribution in [0.25, 0.3) is 0 Å². The van der Waals surface area contributed by atoms with E-state index in [1.807, 2.05) is 6.92 Å². The van der Waals surface area contributed by atoms with Gasteiger partial charge in [-0.1, -0.05) is 0 Å². The number of ether oxygens (including phenoxy) is 1. The zero-order valence-corrected chi connectivity index (χ0v) is 7.88. The van der Waals surface area contributed by atoms with Gasteiger partial charge in [-0.05, 0) is 19.8 Å². The normalized spacial score (nSPS) is 37.5. The topological polar surface area (TPSA) is 50.4 Å². The third-order valence-electron chi connectivity index (χ3n) is 2.80. The van der Waals surface area contributed by atoms with Crippen molar-refractivity contribution in [1.82, 2.24) is 10.6 Å². The Kier molecular flexibility index (Phi) is 2.51. The van der Waals surface area contributed by atoms with E-state index in [1.165, 1.54) is 6.42 Å². The zero-order valence-electron chi connectivity index (χ0n) is 7.88. The Labute approximate surface area is 78.0 Å². The lowest BCUT2D eigenvalue weighted by Crippen LogP contribution is -2.59. The number of carbonyl (C=O) groups excluding carboxylic acids is 1. The van der Waals surface area contributed by atoms with Crippen LogP contribution < -0.4 is 10.6 Å². The van der Waals surface area contributed by atoms with E-state index in [9.17, 15) is 4.79 Å². The van der Waals surface area contributed by atoms with Crippen molar-refractivity contribution in [3.8, 4) is 0 Å². The molecule has 0 aromatic carbocycles. The first-order valence-corrected chi connectivity index (χ1v) is 4.97. The Bertz CT molecular complexity index is 208. The zero-order chi connectivity index (χ0) is 9.26. The average molecular weight is 184 g/mol. The highest BCUT2D eigenvalue weighted by atomic mass is 16.5. The van der Waals surface area contributed by atoms with Crippen molar-refractivity contribution >= 4 is 5.97 Å². The summed E-state index contributed by atoms with van der Waals surface area (Å²) in [4.78, 5) is 11.5. The van der Waals surface area contributed by atoms with Crippen LogP contribution in [-0.2, 0) is 9.53 Å². The van der Waals surface area contributed by atoms with Crippen LogP contribution in [0.5, 0.6) is 0 Å². The summed E-state index contributed by atoms with van der Waals surface area (Å²) in [5.74, 6) is -0.111. The first kappa shape index (κ1) is 8.97. The van der Waals surface area contributed by atoms with Crippen molar-refractivity contribution in [3.05, 3.63) is 0 Å². The maximum Gasteiger partial charge on any atom is 0.324 e. The Balaban J connectivity index is 1.95. The summed E-state index contributed by atoms with van der Waals surface area (Å²) >= 11 is 0. The number of rotatable bonds is 2. The number of carbonyl (C=O) groups is 1. The summed E-state index contributed by atoms with van der Waals surface area (Å²) in [5.41, 5.74) is 0. The van der Waals surface area contributed by atoms with Gasteiger partial charge in [0.15, 0.2) is 0 Å². The average Bonchev–Trinajstić information content (AvgIpc) is 2.48. The Morgan fingerprint density at radius 1 is 1.54 bits per heavy atom. The van der Waals surface area contributed by atoms with Crippen molar-refractivity contribution < 1.29 is 9.53 Å². The molecule has 2 saturated heterocycles. The maximum absolute atomic E-state index is 11.5. The van der Waals surface area contributed by atoms with Crippen LogP contribution in [0, 0.1) is 0 Å². The number of hydrogen-bond acceptors (Lipinski definition) is 4. The molecule has 2 N–H and O–H groups in total. The largest absolute Gasteiger partial charge is 0.465 e. The molecule has 13 heavy (non-hydrogen) atoms. The van der Waals surface area contributed by atoms with E-state index >= 15 is 0 Å². The monoisotopic (exact) mass is 184 g/mol. The van der Waals surface area contributed by atoms with Crippen LogP contribution in [0.3, 0.4) is 0 Å². The summed E-state index contributed by atoms with van der Waals surface area (Å²) in [6.45, 7) is 3.19. The molecule has 2 rings (SSSR count). The highest BCUT2D eigenvalue weighted by Crippen LogP contribution is 2.19. The molecule has 0 spiro atoms. The lowest BCUT2D eigenvalue weighted by Gasteiger charge is -2.29. The molecule has 2 bridgehead atoms. The third kappa shape index (κ3) is 1.69. The first-order chi connectivity index (χ1) is 6.31. The minimum atomic E-state index is -0.126. The van der Waals surface area contributed by atoms with Gasteiger partial charge in [-0.3, -0.25) is 4.79 Å². The molecule has 0 radical (unpaired) electrons. The van der Waals surface area contributed by atoms with Crippen molar-refractivity contribution in [2.24, 2.45) is 0 Å². The Morgan fingerprint density at radius 3 is 3.15 bits per heavy atom. The second kappa shape index (κ2) is 3.64. The first-order valence-electron chi connectivity index (χ1n) is 4.97. The minimum absolute atomic E-state index is 0.111. The van der Waals surface area contributed by atoms with Gasteiger partial charge >= 0.3 is 5.97 Å². The molecule has 0 aromatic heterocycles. The lowest BCUT2D eigenvalue weighted by molar-refractivity contribution is -0.146. The molecule has 2 aliphatic rings. The Hall–Kier alpha value is -0.610. The SMILES string of the molecule is CCOC(=O)[C@@H]1NC[C@H]2CC[C@@H]1N2. The van der Waals surface area contributed by atoms with Gasteiger partial charge in [0.25, 0.3) is 0 Å². The number of fused-ring (bicyclic) bond motifs is 2. The molecule has 0 aromatic rings. The molecule has 2 heterocycles. The maximum atomic E-state index is 11.5. The van der Waals surface area contributed by atoms with Gasteiger partial charge in [0.2, 0.25) is 0 Å². The molecule has 0 saturated carbocycles. The fourth-order valence-corrected chi connectivity index (χ4v) is 2.17. The summed E-state index contributed by atoms with van der Waals surface area (Å²) in [6.07, 6.45) is 2.26. The molecule has 0 unspecified atom stereocenters. The van der Waals surface area contributed by atoms with Gasteiger partial charge in [-0.25, -0.2) is 0 Å². The minimum Gasteiger partial charge on any atom is -0.465 e. The van der Waals surface area contributed by atoms with E-state index in [0.29, 0.717) is 12.6 Å². The van der Waals surface area contributed by atoms with Crippen LogP contribution in [0.15, 0.2) is 0 Å². The van der Waals surface area contributed by atoms with E-state index in [2.05, 4.69) is 10.6 Å². The molecule has 3 atom stereocenters. The van der Waals surface area contributed by atoms with Gasteiger partial charge in [-0.15, -0.1) is 0 Å². The van der Waals surface area contributed by atoms with Crippen molar-refractivity contribution in [2.45, 2.75) is 37.9 Å².